The number of amides is 3. The van der Waals surface area contributed by atoms with Gasteiger partial charge in [-0.2, -0.15) is 0 Å². The Morgan fingerprint density at radius 1 is 1.06 bits per heavy atom. The van der Waals surface area contributed by atoms with Crippen molar-refractivity contribution in [1.82, 2.24) is 14.7 Å². The van der Waals surface area contributed by atoms with Crippen LogP contribution in [-0.2, 0) is 17.6 Å². The number of likely N-dealkylation sites (tertiary alicyclic amines) is 1. The molecule has 162 valence electrons. The van der Waals surface area contributed by atoms with Gasteiger partial charge in [0.15, 0.2) is 0 Å². The number of fused-ring (bicyclic) bond motifs is 1. The molecule has 0 saturated carbocycles. The van der Waals surface area contributed by atoms with Crippen molar-refractivity contribution >= 4 is 18.0 Å². The van der Waals surface area contributed by atoms with Gasteiger partial charge in [0.05, 0.1) is 6.26 Å². The van der Waals surface area contributed by atoms with Crippen molar-refractivity contribution < 1.29 is 14.0 Å². The molecule has 5 rings (SSSR count). The second kappa shape index (κ2) is 8.00. The fraction of sp³-hybridized carbons (Fsp3) is 0.440. The van der Waals surface area contributed by atoms with Crippen LogP contribution in [0.2, 0.25) is 0 Å². The number of rotatable bonds is 5. The Kier molecular flexibility index (Phi) is 5.18. The number of urea groups is 1. The molecule has 3 heterocycles. The van der Waals surface area contributed by atoms with E-state index in [1.165, 1.54) is 11.1 Å². The molecule has 2 aliphatic heterocycles. The lowest BCUT2D eigenvalue weighted by molar-refractivity contribution is -0.136. The molecule has 0 atom stereocenters. The average molecular weight is 420 g/mol. The quantitative estimate of drug-likeness (QED) is 0.695. The number of hydrogen-bond donors (Lipinski definition) is 0. The van der Waals surface area contributed by atoms with Crippen LogP contribution < -0.4 is 0 Å². The maximum absolute atomic E-state index is 13.7. The highest BCUT2D eigenvalue weighted by molar-refractivity contribution is 6.07. The molecule has 3 amide bonds. The summed E-state index contributed by atoms with van der Waals surface area (Å²) in [6.07, 6.45) is 8.66. The molecule has 0 unspecified atom stereocenters. The lowest BCUT2D eigenvalue weighted by atomic mass is 9.85. The Morgan fingerprint density at radius 3 is 2.39 bits per heavy atom. The van der Waals surface area contributed by atoms with Crippen LogP contribution in [0.4, 0.5) is 4.79 Å². The van der Waals surface area contributed by atoms with E-state index in [0.29, 0.717) is 19.4 Å². The van der Waals surface area contributed by atoms with E-state index in [4.69, 9.17) is 4.42 Å². The lowest BCUT2D eigenvalue weighted by Gasteiger charge is -2.41. The van der Waals surface area contributed by atoms with Crippen LogP contribution in [0.5, 0.6) is 0 Å². The van der Waals surface area contributed by atoms with Gasteiger partial charge in [0, 0.05) is 32.2 Å². The van der Waals surface area contributed by atoms with Crippen LogP contribution in [0.15, 0.2) is 53.2 Å². The third kappa shape index (κ3) is 3.39. The van der Waals surface area contributed by atoms with Crippen LogP contribution in [0.1, 0.15) is 36.7 Å². The molecular formula is C25H29N3O3. The molecule has 3 aliphatic rings. The van der Waals surface area contributed by atoms with E-state index in [-0.39, 0.29) is 18.0 Å². The highest BCUT2D eigenvalue weighted by Gasteiger charge is 2.59. The minimum absolute atomic E-state index is 0.0166. The third-order valence-corrected chi connectivity index (χ3v) is 7.15. The summed E-state index contributed by atoms with van der Waals surface area (Å²) >= 11 is 0. The first-order valence-electron chi connectivity index (χ1n) is 11.3. The van der Waals surface area contributed by atoms with Crippen molar-refractivity contribution in [3.05, 3.63) is 65.6 Å². The number of imide groups is 1. The van der Waals surface area contributed by atoms with Crippen molar-refractivity contribution in [3.63, 3.8) is 0 Å². The Labute approximate surface area is 183 Å². The first-order chi connectivity index (χ1) is 15.1. The molecule has 31 heavy (non-hydrogen) atoms. The molecule has 1 aliphatic carbocycles. The molecule has 0 N–H and O–H groups in total. The molecular weight excluding hydrogens is 390 g/mol. The van der Waals surface area contributed by atoms with E-state index >= 15 is 0 Å². The molecule has 1 spiro atoms. The first kappa shape index (κ1) is 20.1. The monoisotopic (exact) mass is 419 g/mol. The zero-order valence-electron chi connectivity index (χ0n) is 18.0. The van der Waals surface area contributed by atoms with E-state index < -0.39 is 5.54 Å². The van der Waals surface area contributed by atoms with Crippen LogP contribution in [-0.4, -0.2) is 64.4 Å². The summed E-state index contributed by atoms with van der Waals surface area (Å²) in [5.41, 5.74) is 1.84. The zero-order valence-corrected chi connectivity index (χ0v) is 18.0. The lowest BCUT2D eigenvalue weighted by Crippen LogP contribution is -2.56. The number of carbonyl (C=O) groups is 2. The summed E-state index contributed by atoms with van der Waals surface area (Å²) in [5.74, 6) is 0.860. The van der Waals surface area contributed by atoms with Gasteiger partial charge in [0.2, 0.25) is 0 Å². The highest BCUT2D eigenvalue weighted by atomic mass is 16.3. The van der Waals surface area contributed by atoms with Crippen LogP contribution in [0.25, 0.3) is 6.08 Å². The number of nitrogens with zero attached hydrogens (tertiary/aromatic N) is 3. The minimum atomic E-state index is -0.679. The fourth-order valence-electron chi connectivity index (χ4n) is 5.51. The summed E-state index contributed by atoms with van der Waals surface area (Å²) < 4.78 is 5.34. The number of likely N-dealkylation sites (N-methyl/N-ethyl adjacent to an activating group) is 1. The van der Waals surface area contributed by atoms with Crippen LogP contribution >= 0.6 is 0 Å². The van der Waals surface area contributed by atoms with Crippen molar-refractivity contribution in [2.24, 2.45) is 0 Å². The Bertz CT molecular complexity index is 964. The molecule has 2 saturated heterocycles. The molecule has 0 bridgehead atoms. The molecule has 1 aromatic heterocycles. The topological polar surface area (TPSA) is 57.0 Å². The van der Waals surface area contributed by atoms with Crippen molar-refractivity contribution in [3.8, 4) is 0 Å². The predicted molar refractivity (Wildman–Crippen MR) is 118 cm³/mol. The maximum Gasteiger partial charge on any atom is 0.327 e. The molecule has 6 nitrogen and oxygen atoms in total. The fourth-order valence-corrected chi connectivity index (χ4v) is 5.51. The summed E-state index contributed by atoms with van der Waals surface area (Å²) in [6, 6.07) is 11.9. The summed E-state index contributed by atoms with van der Waals surface area (Å²) in [5, 5.41) is 0. The molecule has 0 radical (unpaired) electrons. The number of carbonyl (C=O) groups excluding carboxylic acids is 2. The van der Waals surface area contributed by atoms with Crippen molar-refractivity contribution in [1.29, 1.82) is 0 Å². The van der Waals surface area contributed by atoms with Crippen LogP contribution in [0, 0.1) is 0 Å². The Morgan fingerprint density at radius 2 is 1.77 bits per heavy atom. The second-order valence-corrected chi connectivity index (χ2v) is 8.78. The van der Waals surface area contributed by atoms with E-state index in [1.54, 1.807) is 11.2 Å². The van der Waals surface area contributed by atoms with Gasteiger partial charge in [-0.3, -0.25) is 14.6 Å². The predicted octanol–water partition coefficient (Wildman–Crippen LogP) is 3.58. The van der Waals surface area contributed by atoms with Gasteiger partial charge in [0.1, 0.15) is 11.3 Å². The summed E-state index contributed by atoms with van der Waals surface area (Å²) in [7, 11) is 0. The maximum atomic E-state index is 13.7. The largest absolute Gasteiger partial charge is 0.465 e. The van der Waals surface area contributed by atoms with Gasteiger partial charge in [0.25, 0.3) is 5.91 Å². The molecule has 6 heteroatoms. The van der Waals surface area contributed by atoms with Crippen LogP contribution in [0.3, 0.4) is 0 Å². The smallest absolute Gasteiger partial charge is 0.327 e. The minimum Gasteiger partial charge on any atom is -0.465 e. The molecule has 2 aromatic rings. The Balaban J connectivity index is 1.28. The van der Waals surface area contributed by atoms with Gasteiger partial charge in [-0.05, 0) is 61.9 Å². The zero-order chi connectivity index (χ0) is 21.4. The van der Waals surface area contributed by atoms with E-state index in [2.05, 4.69) is 23.1 Å². The average Bonchev–Trinajstić information content (AvgIpc) is 3.48. The van der Waals surface area contributed by atoms with Gasteiger partial charge >= 0.3 is 6.03 Å². The summed E-state index contributed by atoms with van der Waals surface area (Å²) in [6.45, 7) is 4.97. The SMILES string of the molecule is CCN1C(=O)N(C2Cc3ccccc3C2)C(=O)C12CCN(C/C=C/c1ccco1)CC2. The van der Waals surface area contributed by atoms with Gasteiger partial charge < -0.3 is 9.32 Å². The van der Waals surface area contributed by atoms with Crippen molar-refractivity contribution in [2.75, 3.05) is 26.2 Å². The highest BCUT2D eigenvalue weighted by Crippen LogP contribution is 2.40. The number of piperidine rings is 1. The van der Waals surface area contributed by atoms with Gasteiger partial charge in [-0.25, -0.2) is 4.79 Å². The van der Waals surface area contributed by atoms with Crippen molar-refractivity contribution in [2.45, 2.75) is 44.2 Å². The normalized spacial score (nSPS) is 21.7. The molecule has 1 aromatic carbocycles. The Hall–Kier alpha value is -2.86. The second-order valence-electron chi connectivity index (χ2n) is 8.78. The van der Waals surface area contributed by atoms with E-state index in [1.807, 2.05) is 42.2 Å². The summed E-state index contributed by atoms with van der Waals surface area (Å²) in [4.78, 5) is 32.8. The number of furan rings is 1. The number of benzene rings is 1. The first-order valence-corrected chi connectivity index (χ1v) is 11.3. The van der Waals surface area contributed by atoms with Gasteiger partial charge in [-0.1, -0.05) is 30.3 Å². The standard InChI is InChI=1S/C25H29N3O3/c1-2-27-24(30)28(21-17-19-7-3-4-8-20(19)18-21)23(29)25(27)11-14-26(15-12-25)13-5-9-22-10-6-16-31-22/h3-10,16,21H,2,11-15,17-18H2,1H3/b9-5+. The third-order valence-electron chi connectivity index (χ3n) is 7.15. The van der Waals surface area contributed by atoms with Gasteiger partial charge in [-0.15, -0.1) is 0 Å². The van der Waals surface area contributed by atoms with E-state index in [0.717, 1.165) is 38.2 Å². The number of hydrogen-bond acceptors (Lipinski definition) is 4. The van der Waals surface area contributed by atoms with E-state index in [9.17, 15) is 9.59 Å². The molecule has 2 fully saturated rings.